The highest BCUT2D eigenvalue weighted by atomic mass is 19.4. The highest BCUT2D eigenvalue weighted by molar-refractivity contribution is 5.82. The predicted octanol–water partition coefficient (Wildman–Crippen LogP) is -0.919. The largest absolute Gasteiger partial charge is 0.480 e. The Hall–Kier alpha value is -2.59. The second-order valence-corrected chi connectivity index (χ2v) is 4.05. The van der Waals surface area contributed by atoms with Crippen molar-refractivity contribution in [3.8, 4) is 0 Å². The average molecular weight is 309 g/mol. The van der Waals surface area contributed by atoms with Crippen LogP contribution >= 0.6 is 0 Å². The number of hydrogen-bond donors (Lipinski definition) is 3. The van der Waals surface area contributed by atoms with E-state index in [-0.39, 0.29) is 10.6 Å². The zero-order valence-corrected chi connectivity index (χ0v) is 10.4. The lowest BCUT2D eigenvalue weighted by Gasteiger charge is -2.22. The van der Waals surface area contributed by atoms with Gasteiger partial charge in [0.1, 0.15) is 13.1 Å². The summed E-state index contributed by atoms with van der Waals surface area (Å²) in [5.74, 6) is -2.80. The molecule has 0 spiro atoms. The Bertz CT molecular complexity index is 620. The summed E-state index contributed by atoms with van der Waals surface area (Å²) in [6.45, 7) is -2.89. The zero-order valence-electron chi connectivity index (χ0n) is 10.4. The minimum atomic E-state index is -4.77. The van der Waals surface area contributed by atoms with Gasteiger partial charge in [0.2, 0.25) is 5.91 Å². The summed E-state index contributed by atoms with van der Waals surface area (Å²) in [4.78, 5) is 48.1. The van der Waals surface area contributed by atoms with Gasteiger partial charge < -0.3 is 15.0 Å². The topological polar surface area (TPSA) is 123 Å². The van der Waals surface area contributed by atoms with Crippen molar-refractivity contribution in [1.82, 2.24) is 14.9 Å². The number of aliphatic carboxylic acids is 1. The molecule has 0 bridgehead atoms. The van der Waals surface area contributed by atoms with Crippen LogP contribution in [0.3, 0.4) is 0 Å². The first kappa shape index (κ1) is 16.5. The molecular formula is C10H10F3N3O5. The van der Waals surface area contributed by atoms with Gasteiger partial charge in [-0.05, 0) is 0 Å². The van der Waals surface area contributed by atoms with Crippen molar-refractivity contribution in [2.45, 2.75) is 12.6 Å². The van der Waals surface area contributed by atoms with Crippen molar-refractivity contribution in [2.24, 2.45) is 0 Å². The quantitative estimate of drug-likeness (QED) is 0.649. The summed E-state index contributed by atoms with van der Waals surface area (Å²) in [5, 5.41) is 8.51. The Morgan fingerprint density at radius 2 is 1.86 bits per heavy atom. The Morgan fingerprint density at radius 1 is 1.24 bits per heavy atom. The fraction of sp³-hybridized carbons (Fsp3) is 0.400. The van der Waals surface area contributed by atoms with E-state index in [0.29, 0.717) is 0 Å². The number of aromatic amines is 2. The van der Waals surface area contributed by atoms with Crippen LogP contribution in [0.15, 0.2) is 15.7 Å². The maximum Gasteiger partial charge on any atom is 0.406 e. The number of amides is 1. The molecule has 21 heavy (non-hydrogen) atoms. The summed E-state index contributed by atoms with van der Waals surface area (Å²) in [5.41, 5.74) is -1.97. The molecule has 3 N–H and O–H groups in total. The van der Waals surface area contributed by atoms with Gasteiger partial charge in [0.25, 0.3) is 5.56 Å². The van der Waals surface area contributed by atoms with Crippen molar-refractivity contribution in [1.29, 1.82) is 0 Å². The van der Waals surface area contributed by atoms with E-state index < -0.39 is 48.8 Å². The highest BCUT2D eigenvalue weighted by Crippen LogP contribution is 2.16. The first-order valence-electron chi connectivity index (χ1n) is 5.45. The second-order valence-electron chi connectivity index (χ2n) is 4.05. The number of carbonyl (C=O) groups excluding carboxylic acids is 1. The third-order valence-corrected chi connectivity index (χ3v) is 2.21. The number of carboxylic acid groups (broad SMARTS) is 1. The molecule has 0 saturated heterocycles. The summed E-state index contributed by atoms with van der Waals surface area (Å²) in [6.07, 6.45) is -5.50. The number of H-pyrrole nitrogens is 2. The first-order valence-corrected chi connectivity index (χ1v) is 5.45. The number of hydrogen-bond acceptors (Lipinski definition) is 4. The van der Waals surface area contributed by atoms with E-state index in [1.165, 1.54) is 0 Å². The molecule has 0 saturated carbocycles. The van der Waals surface area contributed by atoms with Crippen molar-refractivity contribution >= 4 is 11.9 Å². The molecule has 1 rings (SSSR count). The van der Waals surface area contributed by atoms with Gasteiger partial charge in [-0.25, -0.2) is 4.79 Å². The molecule has 8 nitrogen and oxygen atoms in total. The van der Waals surface area contributed by atoms with Crippen molar-refractivity contribution in [2.75, 3.05) is 13.1 Å². The van der Waals surface area contributed by atoms with Crippen LogP contribution in [0.4, 0.5) is 13.2 Å². The van der Waals surface area contributed by atoms with Crippen LogP contribution in [0.2, 0.25) is 0 Å². The van der Waals surface area contributed by atoms with Crippen LogP contribution in [-0.2, 0) is 16.0 Å². The fourth-order valence-corrected chi connectivity index (χ4v) is 1.50. The maximum atomic E-state index is 12.3. The van der Waals surface area contributed by atoms with Crippen LogP contribution in [0, 0.1) is 0 Å². The van der Waals surface area contributed by atoms with Gasteiger partial charge in [0.05, 0.1) is 6.42 Å². The molecule has 1 heterocycles. The van der Waals surface area contributed by atoms with E-state index in [9.17, 15) is 32.3 Å². The van der Waals surface area contributed by atoms with Crippen molar-refractivity contribution in [3.05, 3.63) is 32.6 Å². The predicted molar refractivity (Wildman–Crippen MR) is 61.7 cm³/mol. The SMILES string of the molecule is O=C(O)CN(CC(F)(F)F)C(=O)Cc1cc(=O)[nH]c(=O)[nH]1. The monoisotopic (exact) mass is 309 g/mol. The van der Waals surface area contributed by atoms with Gasteiger partial charge in [-0.1, -0.05) is 0 Å². The Labute approximate surface area is 114 Å². The number of carbonyl (C=O) groups is 2. The molecule has 0 atom stereocenters. The smallest absolute Gasteiger partial charge is 0.406 e. The van der Waals surface area contributed by atoms with E-state index in [4.69, 9.17) is 5.11 Å². The summed E-state index contributed by atoms with van der Waals surface area (Å²) in [7, 11) is 0. The fourth-order valence-electron chi connectivity index (χ4n) is 1.50. The number of nitrogens with zero attached hydrogens (tertiary/aromatic N) is 1. The molecule has 0 aliphatic rings. The van der Waals surface area contributed by atoms with E-state index >= 15 is 0 Å². The lowest BCUT2D eigenvalue weighted by atomic mass is 10.2. The molecule has 1 aromatic heterocycles. The van der Waals surface area contributed by atoms with Crippen molar-refractivity contribution in [3.63, 3.8) is 0 Å². The summed E-state index contributed by atoms with van der Waals surface area (Å²) < 4.78 is 36.9. The molecule has 1 aromatic rings. The third kappa shape index (κ3) is 5.93. The lowest BCUT2D eigenvalue weighted by molar-refractivity contribution is -0.165. The maximum absolute atomic E-state index is 12.3. The van der Waals surface area contributed by atoms with Crippen LogP contribution in [0.25, 0.3) is 0 Å². The van der Waals surface area contributed by atoms with E-state index in [2.05, 4.69) is 4.98 Å². The highest BCUT2D eigenvalue weighted by Gasteiger charge is 2.33. The normalized spacial score (nSPS) is 11.2. The number of halogens is 3. The molecule has 0 radical (unpaired) electrons. The van der Waals surface area contributed by atoms with Gasteiger partial charge in [-0.3, -0.25) is 19.4 Å². The molecule has 116 valence electrons. The first-order chi connectivity index (χ1) is 9.56. The van der Waals surface area contributed by atoms with Gasteiger partial charge in [0.15, 0.2) is 0 Å². The minimum Gasteiger partial charge on any atom is -0.480 e. The van der Waals surface area contributed by atoms with Gasteiger partial charge >= 0.3 is 17.8 Å². The van der Waals surface area contributed by atoms with Crippen molar-refractivity contribution < 1.29 is 27.9 Å². The molecule has 0 aromatic carbocycles. The second kappa shape index (κ2) is 6.24. The number of nitrogens with one attached hydrogen (secondary N) is 2. The number of rotatable bonds is 5. The third-order valence-electron chi connectivity index (χ3n) is 2.21. The average Bonchev–Trinajstić information content (AvgIpc) is 2.23. The number of aromatic nitrogens is 2. The molecule has 1 amide bonds. The standard InChI is InChI=1S/C10H10F3N3O5/c11-10(12,13)4-16(3-8(19)20)7(18)2-5-1-6(17)15-9(21)14-5/h1H,2-4H2,(H,19,20)(H2,14,15,17,21). The lowest BCUT2D eigenvalue weighted by Crippen LogP contribution is -2.43. The molecule has 11 heteroatoms. The number of carboxylic acids is 1. The van der Waals surface area contributed by atoms with Crippen LogP contribution < -0.4 is 11.2 Å². The summed E-state index contributed by atoms with van der Waals surface area (Å²) >= 11 is 0. The molecular weight excluding hydrogens is 299 g/mol. The summed E-state index contributed by atoms with van der Waals surface area (Å²) in [6, 6.07) is 0.825. The van der Waals surface area contributed by atoms with E-state index in [1.54, 1.807) is 0 Å². The molecule has 0 unspecified atom stereocenters. The Balaban J connectivity index is 2.92. The van der Waals surface area contributed by atoms with Crippen LogP contribution in [0.1, 0.15) is 5.69 Å². The minimum absolute atomic E-state index is 0.0713. The van der Waals surface area contributed by atoms with E-state index in [0.717, 1.165) is 6.07 Å². The Morgan fingerprint density at radius 3 is 2.33 bits per heavy atom. The van der Waals surface area contributed by atoms with Gasteiger partial charge in [-0.2, -0.15) is 13.2 Å². The van der Waals surface area contributed by atoms with Gasteiger partial charge in [0, 0.05) is 11.8 Å². The molecule has 0 fully saturated rings. The van der Waals surface area contributed by atoms with Crippen LogP contribution in [-0.4, -0.2) is 51.1 Å². The molecule has 0 aliphatic carbocycles. The molecule has 0 aliphatic heterocycles. The van der Waals surface area contributed by atoms with Crippen LogP contribution in [0.5, 0.6) is 0 Å². The number of alkyl halides is 3. The zero-order chi connectivity index (χ0) is 16.2. The van der Waals surface area contributed by atoms with E-state index in [1.807, 2.05) is 4.98 Å². The Kier molecular flexibility index (Phi) is 4.89. The van der Waals surface area contributed by atoms with Gasteiger partial charge in [-0.15, -0.1) is 0 Å².